The van der Waals surface area contributed by atoms with Crippen LogP contribution in [0.5, 0.6) is 0 Å². The van der Waals surface area contributed by atoms with Gasteiger partial charge in [-0.25, -0.2) is 0 Å². The maximum absolute atomic E-state index is 13.6. The normalized spacial score (nSPS) is 23.1. The zero-order valence-electron chi connectivity index (χ0n) is 20.8. The number of hydrogen-bond acceptors (Lipinski definition) is 3. The third kappa shape index (κ3) is 5.69. The lowest BCUT2D eigenvalue weighted by atomic mass is 9.86. The summed E-state index contributed by atoms with van der Waals surface area (Å²) in [5, 5.41) is 7.72. The van der Waals surface area contributed by atoms with Gasteiger partial charge in [0.1, 0.15) is 5.84 Å². The number of amidine groups is 1. The second-order valence-corrected chi connectivity index (χ2v) is 10.3. The standard InChI is InChI=1S/C29H40N4O/c1-21-10-8-11-22(2)32(21)16-6-3-7-17-33-27-15-5-4-13-24(27)20-26(29(33)34)19-23-12-9-14-25(18-23)28(30)31/h4-5,9,12-15,18,21-22,26H,3,6-8,10-11,16-17,19-20H2,1-2H3,(H3,30,31)/t21-,22+,26?. The average molecular weight is 461 g/mol. The van der Waals surface area contributed by atoms with Crippen molar-refractivity contribution in [1.29, 1.82) is 5.41 Å². The van der Waals surface area contributed by atoms with Crippen LogP contribution in [0.1, 0.15) is 69.1 Å². The second-order valence-electron chi connectivity index (χ2n) is 10.3. The molecule has 0 bridgehead atoms. The second kappa shape index (κ2) is 11.2. The molecule has 3 atom stereocenters. The van der Waals surface area contributed by atoms with Crippen molar-refractivity contribution in [1.82, 2.24) is 4.90 Å². The number of carbonyl (C=O) groups excluding carboxylic acids is 1. The van der Waals surface area contributed by atoms with Crippen LogP contribution in [-0.4, -0.2) is 41.8 Å². The van der Waals surface area contributed by atoms with E-state index in [1.807, 2.05) is 35.2 Å². The lowest BCUT2D eigenvalue weighted by Crippen LogP contribution is -2.44. The molecule has 1 amide bonds. The van der Waals surface area contributed by atoms with Gasteiger partial charge in [-0.3, -0.25) is 15.1 Å². The van der Waals surface area contributed by atoms with E-state index in [-0.39, 0.29) is 17.7 Å². The summed E-state index contributed by atoms with van der Waals surface area (Å²) in [7, 11) is 0. The smallest absolute Gasteiger partial charge is 0.230 e. The Bertz CT molecular complexity index is 993. The van der Waals surface area contributed by atoms with Gasteiger partial charge in [0, 0.05) is 35.8 Å². The van der Waals surface area contributed by atoms with Crippen molar-refractivity contribution in [2.24, 2.45) is 11.7 Å². The quantitative estimate of drug-likeness (QED) is 0.309. The minimum absolute atomic E-state index is 0.0668. The van der Waals surface area contributed by atoms with Crippen LogP contribution in [0, 0.1) is 11.3 Å². The number of unbranched alkanes of at least 4 members (excludes halogenated alkanes) is 2. The van der Waals surface area contributed by atoms with Crippen molar-refractivity contribution in [3.05, 3.63) is 65.2 Å². The molecule has 0 aromatic heterocycles. The molecule has 0 aliphatic carbocycles. The number of nitrogens with two attached hydrogens (primary N) is 1. The van der Waals surface area contributed by atoms with Crippen molar-refractivity contribution >= 4 is 17.4 Å². The van der Waals surface area contributed by atoms with Crippen molar-refractivity contribution in [2.75, 3.05) is 18.0 Å². The van der Waals surface area contributed by atoms with E-state index >= 15 is 0 Å². The number of likely N-dealkylation sites (tertiary alicyclic amines) is 1. The van der Waals surface area contributed by atoms with Gasteiger partial charge in [-0.15, -0.1) is 0 Å². The number of carbonyl (C=O) groups is 1. The molecule has 0 spiro atoms. The highest BCUT2D eigenvalue weighted by Gasteiger charge is 2.32. The van der Waals surface area contributed by atoms with E-state index in [4.69, 9.17) is 11.1 Å². The summed E-state index contributed by atoms with van der Waals surface area (Å²) in [6, 6.07) is 17.5. The fourth-order valence-corrected chi connectivity index (χ4v) is 5.84. The Morgan fingerprint density at radius 3 is 2.50 bits per heavy atom. The van der Waals surface area contributed by atoms with E-state index in [0.29, 0.717) is 18.5 Å². The molecule has 1 saturated heterocycles. The molecule has 3 N–H and O–H groups in total. The molecular formula is C29H40N4O. The van der Waals surface area contributed by atoms with Crippen LogP contribution in [-0.2, 0) is 17.6 Å². The number of rotatable bonds is 9. The van der Waals surface area contributed by atoms with Crippen LogP contribution < -0.4 is 10.6 Å². The molecule has 0 radical (unpaired) electrons. The van der Waals surface area contributed by atoms with Gasteiger partial charge < -0.3 is 10.6 Å². The fourth-order valence-electron chi connectivity index (χ4n) is 5.84. The van der Waals surface area contributed by atoms with Crippen LogP contribution in [0.15, 0.2) is 48.5 Å². The molecule has 0 saturated carbocycles. The molecule has 2 aliphatic heterocycles. The highest BCUT2D eigenvalue weighted by molar-refractivity contribution is 5.98. The summed E-state index contributed by atoms with van der Waals surface area (Å²) in [6.07, 6.45) is 8.81. The van der Waals surface area contributed by atoms with Crippen LogP contribution in [0.3, 0.4) is 0 Å². The minimum Gasteiger partial charge on any atom is -0.384 e. The lowest BCUT2D eigenvalue weighted by molar-refractivity contribution is -0.122. The first kappa shape index (κ1) is 24.5. The molecule has 2 heterocycles. The highest BCUT2D eigenvalue weighted by atomic mass is 16.2. The van der Waals surface area contributed by atoms with Crippen molar-refractivity contribution in [3.63, 3.8) is 0 Å². The van der Waals surface area contributed by atoms with Crippen LogP contribution in [0.4, 0.5) is 5.69 Å². The van der Waals surface area contributed by atoms with Gasteiger partial charge in [0.05, 0.1) is 0 Å². The minimum atomic E-state index is -0.0767. The third-order valence-electron chi connectivity index (χ3n) is 7.76. The Hall–Kier alpha value is -2.66. The van der Waals surface area contributed by atoms with E-state index < -0.39 is 0 Å². The van der Waals surface area contributed by atoms with E-state index in [1.54, 1.807) is 0 Å². The Labute approximate surface area is 204 Å². The SMILES string of the molecule is C[C@@H]1CCC[C@H](C)N1CCCCCN1C(=O)C(Cc2cccc(C(=N)N)c2)Cc2ccccc21. The zero-order valence-corrected chi connectivity index (χ0v) is 20.8. The van der Waals surface area contributed by atoms with Gasteiger partial charge in [-0.1, -0.05) is 49.2 Å². The maximum atomic E-state index is 13.6. The highest BCUT2D eigenvalue weighted by Crippen LogP contribution is 2.32. The number of hydrogen-bond donors (Lipinski definition) is 2. The summed E-state index contributed by atoms with van der Waals surface area (Å²) < 4.78 is 0. The molecular weight excluding hydrogens is 420 g/mol. The van der Waals surface area contributed by atoms with Gasteiger partial charge in [0.25, 0.3) is 0 Å². The molecule has 2 aromatic carbocycles. The number of para-hydroxylation sites is 1. The molecule has 5 heteroatoms. The maximum Gasteiger partial charge on any atom is 0.230 e. The van der Waals surface area contributed by atoms with Crippen molar-refractivity contribution < 1.29 is 4.79 Å². The first-order valence-electron chi connectivity index (χ1n) is 13.0. The Balaban J connectivity index is 1.37. The van der Waals surface area contributed by atoms with Gasteiger partial charge in [-0.2, -0.15) is 0 Å². The molecule has 34 heavy (non-hydrogen) atoms. The number of benzene rings is 2. The molecule has 2 aromatic rings. The number of nitrogen functional groups attached to an aromatic ring is 1. The molecule has 2 aliphatic rings. The molecule has 4 rings (SSSR count). The number of piperidine rings is 1. The van der Waals surface area contributed by atoms with Gasteiger partial charge >= 0.3 is 0 Å². The Kier molecular flexibility index (Phi) is 8.04. The summed E-state index contributed by atoms with van der Waals surface area (Å²) in [6.45, 7) is 6.68. The van der Waals surface area contributed by atoms with Gasteiger partial charge in [0.2, 0.25) is 5.91 Å². The largest absolute Gasteiger partial charge is 0.384 e. The number of nitrogens with one attached hydrogen (secondary N) is 1. The van der Waals surface area contributed by atoms with Gasteiger partial charge in [-0.05, 0) is 82.2 Å². The predicted octanol–water partition coefficient (Wildman–Crippen LogP) is 5.15. The third-order valence-corrected chi connectivity index (χ3v) is 7.76. The number of fused-ring (bicyclic) bond motifs is 1. The zero-order chi connectivity index (χ0) is 24.1. The van der Waals surface area contributed by atoms with Gasteiger partial charge in [0.15, 0.2) is 0 Å². The average Bonchev–Trinajstić information content (AvgIpc) is 2.82. The first-order chi connectivity index (χ1) is 16.4. The number of nitrogens with zero attached hydrogens (tertiary/aromatic N) is 2. The van der Waals surface area contributed by atoms with E-state index in [2.05, 4.69) is 36.9 Å². The summed E-state index contributed by atoms with van der Waals surface area (Å²) >= 11 is 0. The summed E-state index contributed by atoms with van der Waals surface area (Å²) in [5.41, 5.74) is 9.80. The monoisotopic (exact) mass is 460 g/mol. The van der Waals surface area contributed by atoms with Crippen molar-refractivity contribution in [3.8, 4) is 0 Å². The number of amides is 1. The van der Waals surface area contributed by atoms with Crippen LogP contribution in [0.25, 0.3) is 0 Å². The Morgan fingerprint density at radius 2 is 1.74 bits per heavy atom. The molecule has 1 unspecified atom stereocenters. The lowest BCUT2D eigenvalue weighted by Gasteiger charge is -2.39. The first-order valence-corrected chi connectivity index (χ1v) is 13.0. The summed E-state index contributed by atoms with van der Waals surface area (Å²) in [4.78, 5) is 18.3. The van der Waals surface area contributed by atoms with Crippen LogP contribution in [0.2, 0.25) is 0 Å². The summed E-state index contributed by atoms with van der Waals surface area (Å²) in [5.74, 6) is 0.217. The van der Waals surface area contributed by atoms with E-state index in [9.17, 15) is 4.79 Å². The van der Waals surface area contributed by atoms with Crippen molar-refractivity contribution in [2.45, 2.75) is 77.3 Å². The van der Waals surface area contributed by atoms with Crippen LogP contribution >= 0.6 is 0 Å². The number of anilines is 1. The molecule has 5 nitrogen and oxygen atoms in total. The predicted molar refractivity (Wildman–Crippen MR) is 140 cm³/mol. The van der Waals surface area contributed by atoms with E-state index in [0.717, 1.165) is 42.6 Å². The Morgan fingerprint density at radius 1 is 1.00 bits per heavy atom. The molecule has 1 fully saturated rings. The van der Waals surface area contributed by atoms with E-state index in [1.165, 1.54) is 37.8 Å². The molecule has 182 valence electrons. The topological polar surface area (TPSA) is 73.4 Å². The fraction of sp³-hybridized carbons (Fsp3) is 0.517.